The van der Waals surface area contributed by atoms with Gasteiger partial charge in [0.2, 0.25) is 0 Å². The fraction of sp³-hybridized carbons (Fsp3) is 0.467. The second-order valence-electron chi connectivity index (χ2n) is 5.27. The lowest BCUT2D eigenvalue weighted by atomic mass is 10.1. The normalized spacial score (nSPS) is 13.5. The highest BCUT2D eigenvalue weighted by molar-refractivity contribution is 9.10. The van der Waals surface area contributed by atoms with Gasteiger partial charge < -0.3 is 10.8 Å². The van der Waals surface area contributed by atoms with Crippen molar-refractivity contribution < 1.29 is 14.7 Å². The van der Waals surface area contributed by atoms with E-state index in [1.807, 2.05) is 0 Å². The summed E-state index contributed by atoms with van der Waals surface area (Å²) in [6.07, 6.45) is -0.856. The van der Waals surface area contributed by atoms with E-state index in [0.29, 0.717) is 17.2 Å². The minimum Gasteiger partial charge on any atom is -0.382 e. The van der Waals surface area contributed by atoms with Crippen LogP contribution in [0.4, 0.5) is 0 Å². The molecule has 0 bridgehead atoms. The Morgan fingerprint density at radius 2 is 1.87 bits per heavy atom. The van der Waals surface area contributed by atoms with Crippen LogP contribution in [0.3, 0.4) is 0 Å². The maximum atomic E-state index is 11.8. The summed E-state index contributed by atoms with van der Waals surface area (Å²) >= 11 is 4.98. The fourth-order valence-corrected chi connectivity index (χ4v) is 2.80. The van der Waals surface area contributed by atoms with Gasteiger partial charge >= 0.3 is 0 Å². The second-order valence-corrected chi connectivity index (χ2v) is 7.87. The molecule has 1 rings (SSSR count). The van der Waals surface area contributed by atoms with Gasteiger partial charge in [-0.1, -0.05) is 29.8 Å². The number of carbonyl (C=O) groups is 2. The maximum absolute atomic E-state index is 11.8. The molecule has 0 aliphatic carbocycles. The van der Waals surface area contributed by atoms with Crippen LogP contribution in [-0.2, 0) is 4.79 Å². The Hall–Kier alpha value is -1.09. The highest BCUT2D eigenvalue weighted by atomic mass is 79.9. The van der Waals surface area contributed by atoms with Crippen molar-refractivity contribution >= 4 is 39.5 Å². The predicted octanol–water partition coefficient (Wildman–Crippen LogP) is 1.43. The summed E-state index contributed by atoms with van der Waals surface area (Å²) in [5.41, 5.74) is 10.6. The van der Waals surface area contributed by atoms with Crippen LogP contribution in [0.1, 0.15) is 30.6 Å². The van der Waals surface area contributed by atoms with Gasteiger partial charge in [0, 0.05) is 16.1 Å². The molecule has 1 aromatic carbocycles. The lowest BCUT2D eigenvalue weighted by Crippen LogP contribution is -2.52. The average molecular weight is 404 g/mol. The SMILES string of the molecule is CC(C)SCC[C@@H](N)C(O)C(=O)NNC(=O)c1ccc(Br)cc1. The maximum Gasteiger partial charge on any atom is 0.269 e. The third-order valence-corrected chi connectivity index (χ3v) is 4.65. The number of aliphatic hydroxyl groups is 1. The highest BCUT2D eigenvalue weighted by Crippen LogP contribution is 2.12. The molecule has 1 aromatic rings. The second kappa shape index (κ2) is 9.92. The smallest absolute Gasteiger partial charge is 0.269 e. The predicted molar refractivity (Wildman–Crippen MR) is 95.9 cm³/mol. The van der Waals surface area contributed by atoms with Gasteiger partial charge in [0.05, 0.1) is 0 Å². The van der Waals surface area contributed by atoms with Gasteiger partial charge in [0.15, 0.2) is 0 Å². The minimum absolute atomic E-state index is 0.389. The number of amides is 2. The van der Waals surface area contributed by atoms with E-state index in [4.69, 9.17) is 5.73 Å². The van der Waals surface area contributed by atoms with Crippen LogP contribution in [-0.4, -0.2) is 40.1 Å². The van der Waals surface area contributed by atoms with Gasteiger partial charge in [-0.3, -0.25) is 20.4 Å². The van der Waals surface area contributed by atoms with E-state index in [1.54, 1.807) is 36.0 Å². The molecule has 0 aromatic heterocycles. The number of thioether (sulfide) groups is 1. The molecule has 0 spiro atoms. The Bertz CT molecular complexity index is 525. The van der Waals surface area contributed by atoms with E-state index in [-0.39, 0.29) is 0 Å². The lowest BCUT2D eigenvalue weighted by Gasteiger charge is -2.18. The third-order valence-electron chi connectivity index (χ3n) is 2.98. The van der Waals surface area contributed by atoms with Crippen molar-refractivity contribution in [3.63, 3.8) is 0 Å². The Kier molecular flexibility index (Phi) is 8.60. The molecule has 0 aliphatic heterocycles. The Morgan fingerprint density at radius 1 is 1.26 bits per heavy atom. The van der Waals surface area contributed by atoms with E-state index in [0.717, 1.165) is 10.2 Å². The van der Waals surface area contributed by atoms with E-state index >= 15 is 0 Å². The molecule has 0 fully saturated rings. The molecule has 0 saturated heterocycles. The number of hydrazine groups is 1. The van der Waals surface area contributed by atoms with Gasteiger partial charge in [-0.15, -0.1) is 0 Å². The molecule has 23 heavy (non-hydrogen) atoms. The van der Waals surface area contributed by atoms with Crippen LogP contribution in [0, 0.1) is 0 Å². The van der Waals surface area contributed by atoms with Crippen molar-refractivity contribution in [1.82, 2.24) is 10.9 Å². The summed E-state index contributed by atoms with van der Waals surface area (Å²) in [6.45, 7) is 4.13. The average Bonchev–Trinajstić information content (AvgIpc) is 2.51. The zero-order valence-corrected chi connectivity index (χ0v) is 15.5. The number of halogens is 1. The molecule has 1 unspecified atom stereocenters. The van der Waals surface area contributed by atoms with Crippen LogP contribution in [0.2, 0.25) is 0 Å². The van der Waals surface area contributed by atoms with Crippen LogP contribution >= 0.6 is 27.7 Å². The molecule has 0 heterocycles. The Morgan fingerprint density at radius 3 is 2.43 bits per heavy atom. The number of benzene rings is 1. The molecular formula is C15H22BrN3O3S. The van der Waals surface area contributed by atoms with Gasteiger partial charge in [-0.05, 0) is 41.7 Å². The molecule has 0 saturated carbocycles. The Labute approximate surface area is 148 Å². The van der Waals surface area contributed by atoms with Crippen molar-refractivity contribution in [3.05, 3.63) is 34.3 Å². The van der Waals surface area contributed by atoms with Crippen molar-refractivity contribution in [1.29, 1.82) is 0 Å². The van der Waals surface area contributed by atoms with Crippen LogP contribution in [0.15, 0.2) is 28.7 Å². The molecule has 0 radical (unpaired) electrons. The number of carbonyl (C=O) groups excluding carboxylic acids is 2. The standard InChI is InChI=1S/C15H22BrN3O3S/c1-9(2)23-8-7-12(17)13(20)15(22)19-18-14(21)10-3-5-11(16)6-4-10/h3-6,9,12-13,20H,7-8,17H2,1-2H3,(H,18,21)(H,19,22)/t12-,13?/m1/s1. The highest BCUT2D eigenvalue weighted by Gasteiger charge is 2.23. The first-order chi connectivity index (χ1) is 10.8. The third kappa shape index (κ3) is 7.34. The monoisotopic (exact) mass is 403 g/mol. The number of hydrogen-bond acceptors (Lipinski definition) is 5. The van der Waals surface area contributed by atoms with Crippen molar-refractivity contribution in [3.8, 4) is 0 Å². The first-order valence-electron chi connectivity index (χ1n) is 7.22. The number of nitrogens with one attached hydrogen (secondary N) is 2. The number of nitrogens with two attached hydrogens (primary N) is 1. The van der Waals surface area contributed by atoms with Gasteiger partial charge in [-0.25, -0.2) is 0 Å². The fourth-order valence-electron chi connectivity index (χ4n) is 1.66. The molecule has 8 heteroatoms. The van der Waals surface area contributed by atoms with Gasteiger partial charge in [-0.2, -0.15) is 11.8 Å². The Balaban J connectivity index is 2.39. The van der Waals surface area contributed by atoms with Crippen LogP contribution in [0.5, 0.6) is 0 Å². The lowest BCUT2D eigenvalue weighted by molar-refractivity contribution is -0.131. The summed E-state index contributed by atoms with van der Waals surface area (Å²) in [5, 5.41) is 10.3. The number of rotatable bonds is 7. The first kappa shape index (κ1) is 20.0. The number of aliphatic hydroxyl groups excluding tert-OH is 1. The molecule has 6 nitrogen and oxygen atoms in total. The minimum atomic E-state index is -1.37. The number of hydrogen-bond donors (Lipinski definition) is 4. The molecular weight excluding hydrogens is 382 g/mol. The molecule has 2 atom stereocenters. The molecule has 128 valence electrons. The van der Waals surface area contributed by atoms with E-state index < -0.39 is 24.0 Å². The first-order valence-corrected chi connectivity index (χ1v) is 9.06. The van der Waals surface area contributed by atoms with Crippen molar-refractivity contribution in [2.24, 2.45) is 5.73 Å². The van der Waals surface area contributed by atoms with Crippen LogP contribution in [0.25, 0.3) is 0 Å². The zero-order valence-electron chi connectivity index (χ0n) is 13.1. The zero-order chi connectivity index (χ0) is 17.4. The van der Waals surface area contributed by atoms with E-state index in [1.165, 1.54) is 0 Å². The summed E-state index contributed by atoms with van der Waals surface area (Å²) in [4.78, 5) is 23.6. The van der Waals surface area contributed by atoms with Crippen molar-refractivity contribution in [2.75, 3.05) is 5.75 Å². The summed E-state index contributed by atoms with van der Waals surface area (Å²) in [7, 11) is 0. The van der Waals surface area contributed by atoms with Crippen LogP contribution < -0.4 is 16.6 Å². The summed E-state index contributed by atoms with van der Waals surface area (Å²) < 4.78 is 0.846. The molecule has 0 aliphatic rings. The van der Waals surface area contributed by atoms with Gasteiger partial charge in [0.25, 0.3) is 11.8 Å². The van der Waals surface area contributed by atoms with Gasteiger partial charge in [0.1, 0.15) is 6.10 Å². The van der Waals surface area contributed by atoms with E-state index in [9.17, 15) is 14.7 Å². The quantitative estimate of drug-likeness (QED) is 0.515. The topological polar surface area (TPSA) is 104 Å². The van der Waals surface area contributed by atoms with Crippen molar-refractivity contribution in [2.45, 2.75) is 37.7 Å². The summed E-state index contributed by atoms with van der Waals surface area (Å²) in [5.74, 6) is -0.437. The summed E-state index contributed by atoms with van der Waals surface area (Å²) in [6, 6.07) is 5.97. The van der Waals surface area contributed by atoms with E-state index in [2.05, 4.69) is 40.6 Å². The largest absolute Gasteiger partial charge is 0.382 e. The molecule has 2 amide bonds. The molecule has 5 N–H and O–H groups in total.